The fraction of sp³-hybridized carbons (Fsp3) is 0.625. The molecule has 1 N–H and O–H groups in total. The summed E-state index contributed by atoms with van der Waals surface area (Å²) in [6, 6.07) is 9.84. The van der Waals surface area contributed by atoms with Gasteiger partial charge >= 0.3 is 0 Å². The van der Waals surface area contributed by atoms with Crippen LogP contribution in [0.5, 0.6) is 0 Å². The number of hydrogen-bond acceptors (Lipinski definition) is 2. The van der Waals surface area contributed by atoms with E-state index in [0.717, 1.165) is 6.42 Å². The minimum atomic E-state index is 0.482. The van der Waals surface area contributed by atoms with Crippen molar-refractivity contribution in [2.75, 3.05) is 19.6 Å². The number of nitrogens with one attached hydrogen (secondary N) is 1. The topological polar surface area (TPSA) is 15.3 Å². The maximum absolute atomic E-state index is 3.85. The highest BCUT2D eigenvalue weighted by Gasteiger charge is 2.20. The average Bonchev–Trinajstić information content (AvgIpc) is 2.45. The van der Waals surface area contributed by atoms with E-state index in [4.69, 9.17) is 0 Å². The van der Waals surface area contributed by atoms with Gasteiger partial charge in [-0.25, -0.2) is 0 Å². The third-order valence-corrected chi connectivity index (χ3v) is 4.62. The van der Waals surface area contributed by atoms with E-state index in [9.17, 15) is 0 Å². The summed E-state index contributed by atoms with van der Waals surface area (Å²) in [6.45, 7) is 8.19. The van der Waals surface area contributed by atoms with Gasteiger partial charge in [-0.15, -0.1) is 0 Å². The maximum Gasteiger partial charge on any atom is 0.0320 e. The molecule has 2 nitrogen and oxygen atoms in total. The molecule has 1 aromatic carbocycles. The highest BCUT2D eigenvalue weighted by molar-refractivity contribution is 9.10. The van der Waals surface area contributed by atoms with Gasteiger partial charge in [0.25, 0.3) is 0 Å². The molecule has 106 valence electrons. The Hall–Kier alpha value is -0.380. The SMILES string of the molecule is CCC(NC1CCN(CC)CC1)c1cccc(Br)c1. The number of likely N-dealkylation sites (tertiary alicyclic amines) is 1. The lowest BCUT2D eigenvalue weighted by Gasteiger charge is -2.34. The first-order valence-electron chi connectivity index (χ1n) is 7.46. The Morgan fingerprint density at radius 3 is 2.63 bits per heavy atom. The lowest BCUT2D eigenvalue weighted by Crippen LogP contribution is -2.43. The number of rotatable bonds is 5. The van der Waals surface area contributed by atoms with Crippen LogP contribution < -0.4 is 5.32 Å². The Bertz CT molecular complexity index is 386. The van der Waals surface area contributed by atoms with E-state index in [-0.39, 0.29) is 0 Å². The van der Waals surface area contributed by atoms with Crippen molar-refractivity contribution in [3.63, 3.8) is 0 Å². The maximum atomic E-state index is 3.85. The Labute approximate surface area is 125 Å². The second kappa shape index (κ2) is 7.41. The second-order valence-electron chi connectivity index (χ2n) is 5.39. The molecule has 1 fully saturated rings. The van der Waals surface area contributed by atoms with Crippen LogP contribution in [0.15, 0.2) is 28.7 Å². The van der Waals surface area contributed by atoms with E-state index < -0.39 is 0 Å². The first-order chi connectivity index (χ1) is 9.22. The van der Waals surface area contributed by atoms with Crippen LogP contribution in [0, 0.1) is 0 Å². The van der Waals surface area contributed by atoms with Crippen molar-refractivity contribution in [1.82, 2.24) is 10.2 Å². The molecule has 0 amide bonds. The van der Waals surface area contributed by atoms with E-state index in [1.165, 1.54) is 42.5 Å². The molecule has 0 radical (unpaired) electrons. The van der Waals surface area contributed by atoms with Crippen LogP contribution in [0.2, 0.25) is 0 Å². The van der Waals surface area contributed by atoms with Gasteiger partial charge in [0.15, 0.2) is 0 Å². The summed E-state index contributed by atoms with van der Waals surface area (Å²) in [4.78, 5) is 2.54. The number of nitrogens with zero attached hydrogens (tertiary/aromatic N) is 1. The first kappa shape index (κ1) is 15.0. The first-order valence-corrected chi connectivity index (χ1v) is 8.26. The highest BCUT2D eigenvalue weighted by atomic mass is 79.9. The predicted octanol–water partition coefficient (Wildman–Crippen LogP) is 3.97. The molecule has 2 rings (SSSR count). The molecule has 1 heterocycles. The van der Waals surface area contributed by atoms with Gasteiger partial charge in [-0.3, -0.25) is 0 Å². The van der Waals surface area contributed by atoms with Crippen LogP contribution in [0.4, 0.5) is 0 Å². The van der Waals surface area contributed by atoms with Gasteiger partial charge in [0.05, 0.1) is 0 Å². The summed E-state index contributed by atoms with van der Waals surface area (Å²) in [5.74, 6) is 0. The van der Waals surface area contributed by atoms with Gasteiger partial charge < -0.3 is 10.2 Å². The van der Waals surface area contributed by atoms with Gasteiger partial charge in [-0.05, 0) is 56.6 Å². The van der Waals surface area contributed by atoms with Crippen molar-refractivity contribution >= 4 is 15.9 Å². The van der Waals surface area contributed by atoms with Crippen LogP contribution in [-0.4, -0.2) is 30.6 Å². The summed E-state index contributed by atoms with van der Waals surface area (Å²) in [5, 5.41) is 3.85. The van der Waals surface area contributed by atoms with Crippen LogP contribution in [-0.2, 0) is 0 Å². The Balaban J connectivity index is 1.93. The standard InChI is InChI=1S/C16H25BrN2/c1-3-16(13-6-5-7-14(17)12-13)18-15-8-10-19(4-2)11-9-15/h5-7,12,15-16,18H,3-4,8-11H2,1-2H3. The summed E-state index contributed by atoms with van der Waals surface area (Å²) >= 11 is 3.57. The van der Waals surface area contributed by atoms with Crippen molar-refractivity contribution in [2.45, 2.75) is 45.2 Å². The zero-order valence-corrected chi connectivity index (χ0v) is 13.6. The molecule has 0 aliphatic carbocycles. The summed E-state index contributed by atoms with van der Waals surface area (Å²) in [5.41, 5.74) is 1.40. The van der Waals surface area contributed by atoms with E-state index in [2.05, 4.69) is 64.3 Å². The van der Waals surface area contributed by atoms with Crippen molar-refractivity contribution in [3.05, 3.63) is 34.3 Å². The zero-order chi connectivity index (χ0) is 13.7. The third-order valence-electron chi connectivity index (χ3n) is 4.13. The summed E-state index contributed by atoms with van der Waals surface area (Å²) in [7, 11) is 0. The molecular weight excluding hydrogens is 300 g/mol. The second-order valence-corrected chi connectivity index (χ2v) is 6.31. The quantitative estimate of drug-likeness (QED) is 0.881. The molecule has 19 heavy (non-hydrogen) atoms. The summed E-state index contributed by atoms with van der Waals surface area (Å²) < 4.78 is 1.17. The van der Waals surface area contributed by atoms with E-state index >= 15 is 0 Å². The summed E-state index contributed by atoms with van der Waals surface area (Å²) in [6.07, 6.45) is 3.70. The van der Waals surface area contributed by atoms with Crippen LogP contribution >= 0.6 is 15.9 Å². The molecule has 0 saturated carbocycles. The molecule has 1 aliphatic rings. The van der Waals surface area contributed by atoms with Gasteiger partial charge in [0.2, 0.25) is 0 Å². The molecule has 1 aromatic rings. The molecule has 1 saturated heterocycles. The third kappa shape index (κ3) is 4.30. The molecular formula is C16H25BrN2. The zero-order valence-electron chi connectivity index (χ0n) is 12.0. The Morgan fingerprint density at radius 1 is 1.32 bits per heavy atom. The minimum Gasteiger partial charge on any atom is -0.307 e. The normalized spacial score (nSPS) is 19.5. The van der Waals surface area contributed by atoms with Crippen molar-refractivity contribution in [2.24, 2.45) is 0 Å². The van der Waals surface area contributed by atoms with Crippen molar-refractivity contribution in [3.8, 4) is 0 Å². The molecule has 1 unspecified atom stereocenters. The van der Waals surface area contributed by atoms with Crippen LogP contribution in [0.25, 0.3) is 0 Å². The minimum absolute atomic E-state index is 0.482. The Kier molecular flexibility index (Phi) is 5.86. The van der Waals surface area contributed by atoms with Crippen molar-refractivity contribution < 1.29 is 0 Å². The fourth-order valence-corrected chi connectivity index (χ4v) is 3.29. The average molecular weight is 325 g/mol. The van der Waals surface area contributed by atoms with Gasteiger partial charge in [0.1, 0.15) is 0 Å². The number of piperidine rings is 1. The fourth-order valence-electron chi connectivity index (χ4n) is 2.87. The van der Waals surface area contributed by atoms with Crippen LogP contribution in [0.3, 0.4) is 0 Å². The monoisotopic (exact) mass is 324 g/mol. The van der Waals surface area contributed by atoms with E-state index in [1.807, 2.05) is 0 Å². The molecule has 0 spiro atoms. The highest BCUT2D eigenvalue weighted by Crippen LogP contribution is 2.23. The molecule has 0 bridgehead atoms. The lowest BCUT2D eigenvalue weighted by atomic mass is 9.99. The molecule has 0 aromatic heterocycles. The Morgan fingerprint density at radius 2 is 2.05 bits per heavy atom. The molecule has 1 aliphatic heterocycles. The van der Waals surface area contributed by atoms with E-state index in [0.29, 0.717) is 12.1 Å². The lowest BCUT2D eigenvalue weighted by molar-refractivity contribution is 0.198. The smallest absolute Gasteiger partial charge is 0.0320 e. The van der Waals surface area contributed by atoms with Crippen LogP contribution in [0.1, 0.15) is 44.7 Å². The number of halogens is 1. The van der Waals surface area contributed by atoms with Gasteiger partial charge in [0, 0.05) is 16.6 Å². The van der Waals surface area contributed by atoms with Gasteiger partial charge in [-0.2, -0.15) is 0 Å². The van der Waals surface area contributed by atoms with Crippen molar-refractivity contribution in [1.29, 1.82) is 0 Å². The molecule has 1 atom stereocenters. The molecule has 3 heteroatoms. The van der Waals surface area contributed by atoms with E-state index in [1.54, 1.807) is 0 Å². The largest absolute Gasteiger partial charge is 0.307 e. The van der Waals surface area contributed by atoms with Gasteiger partial charge in [-0.1, -0.05) is 41.9 Å². The number of hydrogen-bond donors (Lipinski definition) is 1. The number of benzene rings is 1. The predicted molar refractivity (Wildman–Crippen MR) is 85.4 cm³/mol.